The molecular weight excluding hydrogens is 446 g/mol. The number of benzene rings is 3. The number of hydrogen-bond acceptors (Lipinski definition) is 5. The molecule has 1 aromatic heterocycles. The minimum Gasteiger partial charge on any atom is -0.494 e. The van der Waals surface area contributed by atoms with Gasteiger partial charge in [-0.25, -0.2) is 9.97 Å². The van der Waals surface area contributed by atoms with Crippen molar-refractivity contribution in [1.82, 2.24) is 9.97 Å². The Morgan fingerprint density at radius 1 is 0.794 bits per heavy atom. The fourth-order valence-electron chi connectivity index (χ4n) is 3.42. The lowest BCUT2D eigenvalue weighted by Gasteiger charge is -2.10. The molecule has 0 unspecified atom stereocenters. The van der Waals surface area contributed by atoms with Crippen molar-refractivity contribution in [1.29, 1.82) is 0 Å². The number of nitrogens with one attached hydrogen (secondary N) is 1. The van der Waals surface area contributed by atoms with Crippen molar-refractivity contribution in [3.63, 3.8) is 0 Å². The summed E-state index contributed by atoms with van der Waals surface area (Å²) < 4.78 is 11.5. The number of ether oxygens (including phenoxy) is 2. The Morgan fingerprint density at radius 3 is 2.12 bits per heavy atom. The highest BCUT2D eigenvalue weighted by atomic mass is 35.5. The smallest absolute Gasteiger partial charge is 0.227 e. The lowest BCUT2D eigenvalue weighted by atomic mass is 10.1. The first kappa shape index (κ1) is 23.6. The fourth-order valence-corrected chi connectivity index (χ4v) is 3.54. The molecule has 5 nitrogen and oxygen atoms in total. The highest BCUT2D eigenvalue weighted by molar-refractivity contribution is 6.30. The molecule has 0 aliphatic rings. The number of anilines is 2. The molecule has 0 radical (unpaired) electrons. The van der Waals surface area contributed by atoms with Crippen LogP contribution in [0.5, 0.6) is 11.5 Å². The van der Waals surface area contributed by atoms with Gasteiger partial charge in [-0.2, -0.15) is 0 Å². The van der Waals surface area contributed by atoms with E-state index in [0.717, 1.165) is 52.0 Å². The van der Waals surface area contributed by atoms with Crippen molar-refractivity contribution < 1.29 is 9.47 Å². The topological polar surface area (TPSA) is 56.3 Å². The Hall–Kier alpha value is -3.57. The molecule has 1 heterocycles. The van der Waals surface area contributed by atoms with Crippen LogP contribution in [0.2, 0.25) is 5.02 Å². The number of aromatic nitrogens is 2. The second-order valence-electron chi connectivity index (χ2n) is 7.97. The summed E-state index contributed by atoms with van der Waals surface area (Å²) >= 11 is 5.94. The van der Waals surface area contributed by atoms with Crippen LogP contribution in [0.25, 0.3) is 11.3 Å². The number of hydrogen-bond donors (Lipinski definition) is 1. The van der Waals surface area contributed by atoms with Gasteiger partial charge in [-0.1, -0.05) is 30.7 Å². The Balaban J connectivity index is 1.38. The van der Waals surface area contributed by atoms with Crippen LogP contribution in [-0.4, -0.2) is 23.2 Å². The third-order valence-corrected chi connectivity index (χ3v) is 5.41. The van der Waals surface area contributed by atoms with E-state index >= 15 is 0 Å². The summed E-state index contributed by atoms with van der Waals surface area (Å²) in [4.78, 5) is 9.24. The zero-order chi connectivity index (χ0) is 23.8. The average molecular weight is 474 g/mol. The lowest BCUT2D eigenvalue weighted by Crippen LogP contribution is -2.02. The highest BCUT2D eigenvalue weighted by Gasteiger charge is 2.07. The molecule has 0 bridgehead atoms. The van der Waals surface area contributed by atoms with E-state index in [-0.39, 0.29) is 0 Å². The molecule has 1 N–H and O–H groups in total. The van der Waals surface area contributed by atoms with Crippen molar-refractivity contribution in [2.45, 2.75) is 26.7 Å². The van der Waals surface area contributed by atoms with Gasteiger partial charge in [0.2, 0.25) is 5.95 Å². The number of aryl methyl sites for hydroxylation is 1. The van der Waals surface area contributed by atoms with Gasteiger partial charge in [-0.05, 0) is 85.6 Å². The van der Waals surface area contributed by atoms with E-state index in [9.17, 15) is 0 Å². The first-order valence-electron chi connectivity index (χ1n) is 11.4. The molecule has 0 atom stereocenters. The van der Waals surface area contributed by atoms with Gasteiger partial charge in [-0.15, -0.1) is 0 Å². The fraction of sp³-hybridized carbons (Fsp3) is 0.214. The summed E-state index contributed by atoms with van der Waals surface area (Å²) in [7, 11) is 0. The largest absolute Gasteiger partial charge is 0.494 e. The zero-order valence-electron chi connectivity index (χ0n) is 19.4. The molecular formula is C28H28ClN3O2. The molecule has 4 aromatic rings. The van der Waals surface area contributed by atoms with Crippen LogP contribution in [0.15, 0.2) is 78.9 Å². The lowest BCUT2D eigenvalue weighted by molar-refractivity contribution is 0.317. The first-order chi connectivity index (χ1) is 16.6. The van der Waals surface area contributed by atoms with Gasteiger partial charge in [0.25, 0.3) is 0 Å². The zero-order valence-corrected chi connectivity index (χ0v) is 20.2. The molecule has 0 aliphatic carbocycles. The van der Waals surface area contributed by atoms with Crippen molar-refractivity contribution in [2.75, 3.05) is 18.5 Å². The summed E-state index contributed by atoms with van der Waals surface area (Å²) in [6, 6.07) is 25.6. The highest BCUT2D eigenvalue weighted by Crippen LogP contribution is 2.24. The van der Waals surface area contributed by atoms with Crippen LogP contribution in [0.3, 0.4) is 0 Å². The molecule has 0 saturated carbocycles. The van der Waals surface area contributed by atoms with Crippen molar-refractivity contribution >= 4 is 23.2 Å². The minimum atomic E-state index is 0.556. The molecule has 6 heteroatoms. The van der Waals surface area contributed by atoms with Crippen LogP contribution in [0, 0.1) is 6.92 Å². The standard InChI is InChI=1S/C28H28ClN3O2/c1-3-17-33-26-14-10-24(11-15-26)31-28-30-20(2)19-27(32-28)22-6-12-25(13-7-22)34-18-16-21-4-8-23(29)9-5-21/h4-15,19H,3,16-18H2,1-2H3,(H,30,31,32). The quantitative estimate of drug-likeness (QED) is 0.262. The van der Waals surface area contributed by atoms with Gasteiger partial charge >= 0.3 is 0 Å². The van der Waals surface area contributed by atoms with E-state index in [1.165, 1.54) is 5.56 Å². The maximum atomic E-state index is 5.94. The van der Waals surface area contributed by atoms with E-state index in [1.54, 1.807) is 0 Å². The SMILES string of the molecule is CCCOc1ccc(Nc2nc(C)cc(-c3ccc(OCCc4ccc(Cl)cc4)cc3)n2)cc1. The van der Waals surface area contributed by atoms with E-state index in [0.29, 0.717) is 19.2 Å². The van der Waals surface area contributed by atoms with E-state index in [4.69, 9.17) is 26.1 Å². The Morgan fingerprint density at radius 2 is 1.44 bits per heavy atom. The molecule has 0 spiro atoms. The van der Waals surface area contributed by atoms with Gasteiger partial charge in [-0.3, -0.25) is 0 Å². The van der Waals surface area contributed by atoms with Gasteiger partial charge in [0.1, 0.15) is 11.5 Å². The molecule has 0 aliphatic heterocycles. The number of rotatable bonds is 10. The van der Waals surface area contributed by atoms with Crippen molar-refractivity contribution in [2.24, 2.45) is 0 Å². The molecule has 34 heavy (non-hydrogen) atoms. The van der Waals surface area contributed by atoms with Gasteiger partial charge in [0, 0.05) is 28.4 Å². The average Bonchev–Trinajstić information content (AvgIpc) is 2.85. The number of halogens is 1. The van der Waals surface area contributed by atoms with E-state index in [1.807, 2.05) is 85.8 Å². The van der Waals surface area contributed by atoms with Gasteiger partial charge in [0.05, 0.1) is 18.9 Å². The van der Waals surface area contributed by atoms with Crippen LogP contribution >= 0.6 is 11.6 Å². The van der Waals surface area contributed by atoms with Gasteiger partial charge in [0.15, 0.2) is 0 Å². The van der Waals surface area contributed by atoms with Crippen LogP contribution in [0.4, 0.5) is 11.6 Å². The second-order valence-corrected chi connectivity index (χ2v) is 8.40. The van der Waals surface area contributed by atoms with Gasteiger partial charge < -0.3 is 14.8 Å². The third kappa shape index (κ3) is 6.72. The molecule has 0 fully saturated rings. The summed E-state index contributed by atoms with van der Waals surface area (Å²) in [5.74, 6) is 2.24. The maximum absolute atomic E-state index is 5.94. The maximum Gasteiger partial charge on any atom is 0.227 e. The predicted octanol–water partition coefficient (Wildman–Crippen LogP) is 7.26. The Bertz CT molecular complexity index is 1190. The monoisotopic (exact) mass is 473 g/mol. The van der Waals surface area contributed by atoms with E-state index in [2.05, 4.69) is 17.2 Å². The van der Waals surface area contributed by atoms with E-state index < -0.39 is 0 Å². The predicted molar refractivity (Wildman–Crippen MR) is 138 cm³/mol. The van der Waals surface area contributed by atoms with Crippen LogP contribution in [0.1, 0.15) is 24.6 Å². The third-order valence-electron chi connectivity index (χ3n) is 5.16. The summed E-state index contributed by atoms with van der Waals surface area (Å²) in [6.45, 7) is 5.37. The molecule has 3 aromatic carbocycles. The summed E-state index contributed by atoms with van der Waals surface area (Å²) in [5, 5.41) is 4.03. The Labute approximate surface area is 205 Å². The summed E-state index contributed by atoms with van der Waals surface area (Å²) in [6.07, 6.45) is 1.81. The van der Waals surface area contributed by atoms with Crippen molar-refractivity contribution in [3.8, 4) is 22.8 Å². The second kappa shape index (κ2) is 11.5. The Kier molecular flexibility index (Phi) is 7.99. The number of nitrogens with zero attached hydrogens (tertiary/aromatic N) is 2. The summed E-state index contributed by atoms with van der Waals surface area (Å²) in [5.41, 5.74) is 4.84. The van der Waals surface area contributed by atoms with Crippen LogP contribution < -0.4 is 14.8 Å². The van der Waals surface area contributed by atoms with Crippen LogP contribution in [-0.2, 0) is 6.42 Å². The molecule has 4 rings (SSSR count). The molecule has 174 valence electrons. The first-order valence-corrected chi connectivity index (χ1v) is 11.8. The normalized spacial score (nSPS) is 10.7. The molecule has 0 amide bonds. The minimum absolute atomic E-state index is 0.556. The van der Waals surface area contributed by atoms with Crippen molar-refractivity contribution in [3.05, 3.63) is 95.1 Å². The molecule has 0 saturated heterocycles.